The highest BCUT2D eigenvalue weighted by Crippen LogP contribution is 2.30. The fourth-order valence-corrected chi connectivity index (χ4v) is 4.50. The number of rotatable bonds is 9. The van der Waals surface area contributed by atoms with Crippen LogP contribution in [0.1, 0.15) is 35.7 Å². The minimum Gasteiger partial charge on any atom is -0.400 e. The molecule has 9 nitrogen and oxygen atoms in total. The summed E-state index contributed by atoms with van der Waals surface area (Å²) in [7, 11) is 0. The molecule has 1 unspecified atom stereocenters. The van der Waals surface area contributed by atoms with E-state index in [0.29, 0.717) is 17.7 Å². The summed E-state index contributed by atoms with van der Waals surface area (Å²) in [5, 5.41) is 21.2. The Hall–Kier alpha value is -5.22. The predicted molar refractivity (Wildman–Crippen MR) is 165 cm³/mol. The molecule has 1 heterocycles. The summed E-state index contributed by atoms with van der Waals surface area (Å²) in [6.45, 7) is 2.00. The van der Waals surface area contributed by atoms with Crippen molar-refractivity contribution < 1.29 is 32.3 Å². The SMILES string of the molecule is CCN1C(=O)C(NC(=O)c2cccc(C(F)(F)F)c2)C/C(=C(/N)CN(C#N)CCCO)C1=Nc1ccccc1.Fc1ccccc1. The summed E-state index contributed by atoms with van der Waals surface area (Å²) in [6, 6.07) is 19.6. The first-order valence-corrected chi connectivity index (χ1v) is 14.4. The molecule has 0 bridgehead atoms. The standard InChI is InChI=1S/C27H29F3N6O3.C6H5F/c1-2-36-24(33-20-10-4-3-5-11-20)21(22(32)16-35(17-31)12-7-13-37)15-23(26(36)39)34-25(38)18-8-6-9-19(14-18)27(28,29)30;7-6-4-2-1-3-5-6/h3-6,8-11,14,23,37H,2,7,12-13,15-16,32H2,1H3,(H,34,38);1-5H/b22-21-,33-24?;. The predicted octanol–water partition coefficient (Wildman–Crippen LogP) is 4.99. The van der Waals surface area contributed by atoms with Gasteiger partial charge in [-0.15, -0.1) is 0 Å². The van der Waals surface area contributed by atoms with Crippen LogP contribution in [-0.4, -0.2) is 64.8 Å². The number of amidine groups is 1. The zero-order valence-corrected chi connectivity index (χ0v) is 25.0. The van der Waals surface area contributed by atoms with Gasteiger partial charge >= 0.3 is 6.18 Å². The van der Waals surface area contributed by atoms with E-state index in [1.807, 2.05) is 12.3 Å². The Balaban J connectivity index is 0.000000724. The number of benzene rings is 3. The second-order valence-electron chi connectivity index (χ2n) is 10.1. The van der Waals surface area contributed by atoms with E-state index in [1.54, 1.807) is 49.4 Å². The van der Waals surface area contributed by atoms with E-state index in [9.17, 15) is 32.4 Å². The molecule has 4 N–H and O–H groups in total. The molecule has 13 heteroatoms. The van der Waals surface area contributed by atoms with Crippen LogP contribution in [0.2, 0.25) is 0 Å². The monoisotopic (exact) mass is 638 g/mol. The fraction of sp³-hybridized carbons (Fsp3) is 0.273. The maximum absolute atomic E-state index is 13.4. The molecule has 2 amide bonds. The molecule has 3 aromatic rings. The lowest BCUT2D eigenvalue weighted by Gasteiger charge is -2.36. The fourth-order valence-electron chi connectivity index (χ4n) is 4.50. The number of hydrogen-bond acceptors (Lipinski definition) is 7. The Morgan fingerprint density at radius 2 is 1.76 bits per heavy atom. The largest absolute Gasteiger partial charge is 0.416 e. The molecule has 1 saturated heterocycles. The molecule has 0 aliphatic carbocycles. The summed E-state index contributed by atoms with van der Waals surface area (Å²) in [6.07, 6.45) is -2.36. The summed E-state index contributed by atoms with van der Waals surface area (Å²) >= 11 is 0. The number of aliphatic imine (C=N–C) groups is 1. The molecule has 0 spiro atoms. The van der Waals surface area contributed by atoms with Gasteiger partial charge in [-0.05, 0) is 55.8 Å². The zero-order valence-electron chi connectivity index (χ0n) is 25.0. The first-order chi connectivity index (χ1) is 22.0. The molecule has 3 aromatic carbocycles. The number of nitrogens with zero attached hydrogens (tertiary/aromatic N) is 4. The van der Waals surface area contributed by atoms with Crippen LogP contribution in [0.25, 0.3) is 0 Å². The number of nitrogens with two attached hydrogens (primary N) is 1. The third-order valence-electron chi connectivity index (χ3n) is 6.77. The highest BCUT2D eigenvalue weighted by Gasteiger charge is 2.38. The number of nitrogens with one attached hydrogen (secondary N) is 1. The molecule has 1 aliphatic heterocycles. The maximum Gasteiger partial charge on any atom is 0.416 e. The van der Waals surface area contributed by atoms with Gasteiger partial charge in [0.05, 0.1) is 17.8 Å². The smallest absolute Gasteiger partial charge is 0.400 e. The molecule has 1 atom stereocenters. The van der Waals surface area contributed by atoms with Gasteiger partial charge in [-0.2, -0.15) is 18.4 Å². The van der Waals surface area contributed by atoms with E-state index < -0.39 is 29.6 Å². The molecule has 4 rings (SSSR count). The van der Waals surface area contributed by atoms with E-state index in [2.05, 4.69) is 10.3 Å². The molecule has 0 radical (unpaired) electrons. The van der Waals surface area contributed by atoms with Crippen LogP contribution in [0.15, 0.2) is 101 Å². The first kappa shape index (κ1) is 35.3. The Morgan fingerprint density at radius 3 is 2.30 bits per heavy atom. The molecule has 242 valence electrons. The van der Waals surface area contributed by atoms with Crippen LogP contribution < -0.4 is 11.1 Å². The van der Waals surface area contributed by atoms with Crippen LogP contribution in [0.5, 0.6) is 0 Å². The molecule has 1 aliphatic rings. The number of hydrogen-bond donors (Lipinski definition) is 3. The van der Waals surface area contributed by atoms with Crippen molar-refractivity contribution >= 4 is 23.3 Å². The van der Waals surface area contributed by atoms with E-state index in [1.165, 1.54) is 28.0 Å². The lowest BCUT2D eigenvalue weighted by molar-refractivity contribution is -0.137. The minimum atomic E-state index is -4.63. The summed E-state index contributed by atoms with van der Waals surface area (Å²) in [5.41, 5.74) is 6.41. The Kier molecular flexibility index (Phi) is 12.8. The lowest BCUT2D eigenvalue weighted by atomic mass is 9.95. The third kappa shape index (κ3) is 9.90. The van der Waals surface area contributed by atoms with Gasteiger partial charge < -0.3 is 21.1 Å². The number of aliphatic hydroxyl groups is 1. The molecule has 0 aromatic heterocycles. The quantitative estimate of drug-likeness (QED) is 0.172. The molecule has 1 fully saturated rings. The number of carbonyl (C=O) groups is 2. The molecular weight excluding hydrogens is 604 g/mol. The number of nitriles is 1. The summed E-state index contributed by atoms with van der Waals surface area (Å²) in [4.78, 5) is 33.7. The van der Waals surface area contributed by atoms with Crippen molar-refractivity contribution in [2.45, 2.75) is 32.0 Å². The van der Waals surface area contributed by atoms with Crippen LogP contribution in [0, 0.1) is 17.3 Å². The number of likely N-dealkylation sites (tertiary alicyclic amines) is 1. The molecule has 46 heavy (non-hydrogen) atoms. The van der Waals surface area contributed by atoms with Gasteiger partial charge in [0.25, 0.3) is 11.8 Å². The van der Waals surface area contributed by atoms with E-state index in [0.717, 1.165) is 18.2 Å². The first-order valence-electron chi connectivity index (χ1n) is 14.4. The van der Waals surface area contributed by atoms with E-state index >= 15 is 0 Å². The van der Waals surface area contributed by atoms with E-state index in [4.69, 9.17) is 10.8 Å². The number of amides is 2. The Bertz CT molecular complexity index is 1570. The number of likely N-dealkylation sites (N-methyl/N-ethyl adjacent to an activating group) is 1. The maximum atomic E-state index is 13.4. The number of aliphatic hydroxyl groups excluding tert-OH is 1. The van der Waals surface area contributed by atoms with Crippen molar-refractivity contribution in [1.29, 1.82) is 5.26 Å². The summed E-state index contributed by atoms with van der Waals surface area (Å²) in [5.74, 6) is -1.27. The number of alkyl halides is 3. The molecule has 0 saturated carbocycles. The number of piperidine rings is 1. The third-order valence-corrected chi connectivity index (χ3v) is 6.77. The normalized spacial score (nSPS) is 16.6. The van der Waals surface area contributed by atoms with Crippen LogP contribution in [-0.2, 0) is 11.0 Å². The lowest BCUT2D eigenvalue weighted by Crippen LogP contribution is -2.56. The number of halogens is 4. The van der Waals surface area contributed by atoms with E-state index in [-0.39, 0.29) is 55.6 Å². The highest BCUT2D eigenvalue weighted by atomic mass is 19.4. The number of carbonyl (C=O) groups excluding carboxylic acids is 2. The molecular formula is C33H34F4N6O3. The summed E-state index contributed by atoms with van der Waals surface area (Å²) < 4.78 is 51.4. The van der Waals surface area contributed by atoms with Gasteiger partial charge in [-0.25, -0.2) is 9.38 Å². The topological polar surface area (TPSA) is 135 Å². The van der Waals surface area contributed by atoms with Gasteiger partial charge in [0.15, 0.2) is 6.19 Å². The van der Waals surface area contributed by atoms with Crippen molar-refractivity contribution in [3.05, 3.63) is 113 Å². The highest BCUT2D eigenvalue weighted by molar-refractivity contribution is 6.14. The van der Waals surface area contributed by atoms with Crippen LogP contribution in [0.4, 0.5) is 23.2 Å². The second-order valence-corrected chi connectivity index (χ2v) is 10.1. The van der Waals surface area contributed by atoms with Gasteiger partial charge in [0.1, 0.15) is 17.7 Å². The van der Waals surface area contributed by atoms with Gasteiger partial charge in [0, 0.05) is 43.0 Å². The van der Waals surface area contributed by atoms with Crippen molar-refractivity contribution in [3.63, 3.8) is 0 Å². The van der Waals surface area contributed by atoms with Crippen LogP contribution >= 0.6 is 0 Å². The average molecular weight is 639 g/mol. The Morgan fingerprint density at radius 1 is 1.11 bits per heavy atom. The number of para-hydroxylation sites is 1. The van der Waals surface area contributed by atoms with Crippen molar-refractivity contribution in [3.8, 4) is 6.19 Å². The van der Waals surface area contributed by atoms with Crippen molar-refractivity contribution in [1.82, 2.24) is 15.1 Å². The minimum absolute atomic E-state index is 0.0142. The second kappa shape index (κ2) is 16.7. The van der Waals surface area contributed by atoms with Gasteiger partial charge in [-0.1, -0.05) is 42.5 Å². The zero-order chi connectivity index (χ0) is 33.7. The van der Waals surface area contributed by atoms with Crippen molar-refractivity contribution in [2.24, 2.45) is 10.7 Å². The van der Waals surface area contributed by atoms with Crippen LogP contribution in [0.3, 0.4) is 0 Å². The average Bonchev–Trinajstić information content (AvgIpc) is 3.05. The van der Waals surface area contributed by atoms with Crippen molar-refractivity contribution in [2.75, 3.05) is 26.2 Å². The Labute approximate surface area is 264 Å². The van der Waals surface area contributed by atoms with Gasteiger partial charge in [-0.3, -0.25) is 14.5 Å². The van der Waals surface area contributed by atoms with Gasteiger partial charge in [0.2, 0.25) is 0 Å².